The fraction of sp³-hybridized carbons (Fsp3) is 0.400. The Morgan fingerprint density at radius 2 is 1.77 bits per heavy atom. The first-order chi connectivity index (χ1) is 20.7. The van der Waals surface area contributed by atoms with Crippen molar-refractivity contribution in [2.75, 3.05) is 18.5 Å². The van der Waals surface area contributed by atoms with Crippen LogP contribution < -0.4 is 16.3 Å². The lowest BCUT2D eigenvalue weighted by Gasteiger charge is -2.29. The number of imidazole rings is 1. The first kappa shape index (κ1) is 29.2. The number of carbonyl (C=O) groups is 1. The van der Waals surface area contributed by atoms with E-state index in [0.717, 1.165) is 42.1 Å². The lowest BCUT2D eigenvalue weighted by atomic mass is 9.85. The number of pyridine rings is 2. The van der Waals surface area contributed by atoms with Crippen molar-refractivity contribution >= 4 is 34.4 Å². The van der Waals surface area contributed by atoms with Crippen molar-refractivity contribution in [3.05, 3.63) is 81.6 Å². The Morgan fingerprint density at radius 1 is 1.00 bits per heavy atom. The summed E-state index contributed by atoms with van der Waals surface area (Å²) in [7, 11) is 0. The minimum Gasteiger partial charge on any atom is -0.379 e. The number of benzene rings is 1. The van der Waals surface area contributed by atoms with Crippen LogP contribution in [0.3, 0.4) is 0 Å². The molecule has 0 bridgehead atoms. The van der Waals surface area contributed by atoms with Crippen LogP contribution in [0.15, 0.2) is 59.7 Å². The van der Waals surface area contributed by atoms with Gasteiger partial charge in [0.1, 0.15) is 5.82 Å². The molecule has 1 aliphatic carbocycles. The second kappa shape index (κ2) is 12.0. The third kappa shape index (κ3) is 6.25. The Kier molecular flexibility index (Phi) is 8.15. The van der Waals surface area contributed by atoms with E-state index in [1.54, 1.807) is 15.3 Å². The van der Waals surface area contributed by atoms with Crippen molar-refractivity contribution in [2.45, 2.75) is 56.9 Å². The SMILES string of the molecule is O=C(NC1CCC(Cn2c(=O)n(-c3ccc(N[C@@H]4CCOC4)nc3)c3ccccc32)CC1)c1cc(Cl)cnc1C(F)(F)F. The van der Waals surface area contributed by atoms with Crippen molar-refractivity contribution in [1.82, 2.24) is 24.4 Å². The molecule has 0 unspecified atom stereocenters. The average Bonchev–Trinajstić information content (AvgIpc) is 3.60. The van der Waals surface area contributed by atoms with Gasteiger partial charge in [0.25, 0.3) is 5.91 Å². The van der Waals surface area contributed by atoms with Gasteiger partial charge in [-0.15, -0.1) is 0 Å². The van der Waals surface area contributed by atoms with Crippen molar-refractivity contribution < 1.29 is 22.7 Å². The molecular weight excluding hydrogens is 585 g/mol. The molecule has 226 valence electrons. The van der Waals surface area contributed by atoms with Crippen LogP contribution in [0.2, 0.25) is 5.02 Å². The maximum atomic E-state index is 13.7. The number of alkyl halides is 3. The van der Waals surface area contributed by atoms with E-state index in [1.165, 1.54) is 0 Å². The first-order valence-electron chi connectivity index (χ1n) is 14.2. The fourth-order valence-corrected chi connectivity index (χ4v) is 6.10. The Morgan fingerprint density at radius 3 is 2.44 bits per heavy atom. The number of fused-ring (bicyclic) bond motifs is 1. The lowest BCUT2D eigenvalue weighted by molar-refractivity contribution is -0.141. The molecule has 2 fully saturated rings. The Hall–Kier alpha value is -3.90. The van der Waals surface area contributed by atoms with Gasteiger partial charge in [-0.1, -0.05) is 23.7 Å². The highest BCUT2D eigenvalue weighted by Crippen LogP contribution is 2.32. The zero-order chi connectivity index (χ0) is 30.1. The molecule has 1 aliphatic heterocycles. The van der Waals surface area contributed by atoms with Gasteiger partial charge in [0, 0.05) is 25.4 Å². The molecule has 1 saturated carbocycles. The number of aromatic nitrogens is 4. The number of hydrogen-bond acceptors (Lipinski definition) is 6. The Bertz CT molecular complexity index is 1670. The van der Waals surface area contributed by atoms with Gasteiger partial charge >= 0.3 is 11.9 Å². The monoisotopic (exact) mass is 614 g/mol. The molecule has 2 aliphatic rings. The topological polar surface area (TPSA) is 103 Å². The number of rotatable bonds is 7. The number of para-hydroxylation sites is 2. The molecule has 2 N–H and O–H groups in total. The summed E-state index contributed by atoms with van der Waals surface area (Å²) in [6, 6.07) is 12.2. The second-order valence-corrected chi connectivity index (χ2v) is 11.5. The zero-order valence-electron chi connectivity index (χ0n) is 23.1. The fourth-order valence-electron chi connectivity index (χ4n) is 5.94. The number of carbonyl (C=O) groups excluding carboxylic acids is 1. The lowest BCUT2D eigenvalue weighted by Crippen LogP contribution is -2.39. The van der Waals surface area contributed by atoms with Crippen LogP contribution in [-0.2, 0) is 17.5 Å². The standard InChI is InChI=1S/C30H30ClF3N6O3/c31-19-13-23(27(36-14-19)30(32,33)34)28(41)38-20-7-5-18(6-8-20)16-39-24-3-1-2-4-25(24)40(29(39)42)22-9-10-26(35-15-22)37-21-11-12-43-17-21/h1-4,9-10,13-15,18,20-21H,5-8,11-12,16-17H2,(H,35,37)(H,38,41)/t18?,20?,21-/m1/s1. The molecule has 13 heteroatoms. The number of hydrogen-bond donors (Lipinski definition) is 2. The minimum absolute atomic E-state index is 0.0472. The van der Waals surface area contributed by atoms with E-state index in [-0.39, 0.29) is 28.7 Å². The third-order valence-electron chi connectivity index (χ3n) is 8.11. The van der Waals surface area contributed by atoms with Gasteiger partial charge in [-0.3, -0.25) is 13.9 Å². The summed E-state index contributed by atoms with van der Waals surface area (Å²) in [6.45, 7) is 1.85. The highest BCUT2D eigenvalue weighted by molar-refractivity contribution is 6.30. The summed E-state index contributed by atoms with van der Waals surface area (Å²) >= 11 is 5.83. The largest absolute Gasteiger partial charge is 0.434 e. The van der Waals surface area contributed by atoms with E-state index >= 15 is 0 Å². The Balaban J connectivity index is 1.14. The number of ether oxygens (including phenoxy) is 1. The minimum atomic E-state index is -4.78. The highest BCUT2D eigenvalue weighted by Gasteiger charge is 2.38. The van der Waals surface area contributed by atoms with Gasteiger partial charge in [-0.2, -0.15) is 13.2 Å². The van der Waals surface area contributed by atoms with Crippen molar-refractivity contribution in [1.29, 1.82) is 0 Å². The van der Waals surface area contributed by atoms with Crippen LogP contribution in [0.1, 0.15) is 48.2 Å². The molecule has 6 rings (SSSR count). The predicted molar refractivity (Wildman–Crippen MR) is 156 cm³/mol. The third-order valence-corrected chi connectivity index (χ3v) is 8.32. The first-order valence-corrected chi connectivity index (χ1v) is 14.6. The summed E-state index contributed by atoms with van der Waals surface area (Å²) in [4.78, 5) is 34.4. The van der Waals surface area contributed by atoms with Crippen molar-refractivity contribution in [3.8, 4) is 5.69 Å². The number of halogens is 4. The van der Waals surface area contributed by atoms with E-state index < -0.39 is 23.3 Å². The second-order valence-electron chi connectivity index (χ2n) is 11.1. The van der Waals surface area contributed by atoms with E-state index in [2.05, 4.69) is 20.6 Å². The Labute approximate surface area is 250 Å². The summed E-state index contributed by atoms with van der Waals surface area (Å²) in [5.41, 5.74) is 0.220. The molecule has 1 saturated heterocycles. The molecule has 43 heavy (non-hydrogen) atoms. The number of nitrogens with one attached hydrogen (secondary N) is 2. The van der Waals surface area contributed by atoms with Gasteiger partial charge in [-0.25, -0.2) is 14.8 Å². The molecule has 4 heterocycles. The average molecular weight is 615 g/mol. The van der Waals surface area contributed by atoms with Gasteiger partial charge < -0.3 is 15.4 Å². The van der Waals surface area contributed by atoms with Gasteiger partial charge in [0.2, 0.25) is 0 Å². The molecule has 3 aromatic heterocycles. The van der Waals surface area contributed by atoms with E-state index in [1.807, 2.05) is 36.4 Å². The molecule has 0 radical (unpaired) electrons. The maximum absolute atomic E-state index is 13.7. The summed E-state index contributed by atoms with van der Waals surface area (Å²) in [5.74, 6) is 0.0274. The van der Waals surface area contributed by atoms with Crippen LogP contribution in [0.4, 0.5) is 19.0 Å². The van der Waals surface area contributed by atoms with Crippen LogP contribution >= 0.6 is 11.6 Å². The van der Waals surface area contributed by atoms with Crippen molar-refractivity contribution in [2.24, 2.45) is 5.92 Å². The maximum Gasteiger partial charge on any atom is 0.434 e. The number of nitrogens with zero attached hydrogens (tertiary/aromatic N) is 4. The molecule has 4 aromatic rings. The molecule has 1 amide bonds. The van der Waals surface area contributed by atoms with E-state index in [4.69, 9.17) is 16.3 Å². The van der Waals surface area contributed by atoms with Crippen molar-refractivity contribution in [3.63, 3.8) is 0 Å². The highest BCUT2D eigenvalue weighted by atomic mass is 35.5. The van der Waals surface area contributed by atoms with Gasteiger partial charge in [-0.05, 0) is 68.4 Å². The predicted octanol–water partition coefficient (Wildman–Crippen LogP) is 5.44. The molecular formula is C30H30ClF3N6O3. The smallest absolute Gasteiger partial charge is 0.379 e. The van der Waals surface area contributed by atoms with Gasteiger partial charge in [0.05, 0.1) is 46.2 Å². The summed E-state index contributed by atoms with van der Waals surface area (Å²) in [5, 5.41) is 6.03. The normalized spacial score (nSPS) is 20.8. The molecule has 9 nitrogen and oxygen atoms in total. The molecule has 0 spiro atoms. The van der Waals surface area contributed by atoms with Crippen LogP contribution in [0.5, 0.6) is 0 Å². The zero-order valence-corrected chi connectivity index (χ0v) is 23.9. The quantitative estimate of drug-likeness (QED) is 0.287. The van der Waals surface area contributed by atoms with E-state index in [0.29, 0.717) is 44.5 Å². The van der Waals surface area contributed by atoms with Crippen LogP contribution in [-0.4, -0.2) is 50.3 Å². The number of amides is 1. The van der Waals surface area contributed by atoms with Crippen LogP contribution in [0.25, 0.3) is 16.7 Å². The van der Waals surface area contributed by atoms with E-state index in [9.17, 15) is 22.8 Å². The molecule has 1 atom stereocenters. The van der Waals surface area contributed by atoms with Crippen LogP contribution in [0, 0.1) is 5.92 Å². The number of anilines is 1. The van der Waals surface area contributed by atoms with Gasteiger partial charge in [0.15, 0.2) is 5.69 Å². The molecule has 1 aromatic carbocycles. The summed E-state index contributed by atoms with van der Waals surface area (Å²) < 4.78 is 49.0. The summed E-state index contributed by atoms with van der Waals surface area (Å²) in [6.07, 6.45) is 1.25.